The van der Waals surface area contributed by atoms with Crippen molar-refractivity contribution >= 4 is 11.6 Å². The van der Waals surface area contributed by atoms with Crippen LogP contribution in [0.25, 0.3) is 0 Å². The topological polar surface area (TPSA) is 78.6 Å². The fraction of sp³-hybridized carbons (Fsp3) is 0.389. The Balaban J connectivity index is 1.59. The van der Waals surface area contributed by atoms with Gasteiger partial charge in [0, 0.05) is 18.4 Å². The maximum atomic E-state index is 12.5. The van der Waals surface area contributed by atoms with Crippen LogP contribution in [0.15, 0.2) is 22.7 Å². The summed E-state index contributed by atoms with van der Waals surface area (Å²) in [6.07, 6.45) is 1.12. The summed E-state index contributed by atoms with van der Waals surface area (Å²) in [6, 6.07) is 5.05. The minimum Gasteiger partial charge on any atom is -0.454 e. The van der Waals surface area contributed by atoms with Gasteiger partial charge in [0.05, 0.1) is 12.0 Å². The molecular formula is C18H17NO5. The Kier molecular flexibility index (Phi) is 3.23. The molecule has 124 valence electrons. The highest BCUT2D eigenvalue weighted by Crippen LogP contribution is 2.37. The highest BCUT2D eigenvalue weighted by atomic mass is 16.7. The molecule has 1 aromatic carbocycles. The van der Waals surface area contributed by atoms with Gasteiger partial charge in [0.25, 0.3) is 0 Å². The minimum absolute atomic E-state index is 0.00372. The Morgan fingerprint density at radius 2 is 2.00 bits per heavy atom. The number of ether oxygens (including phenoxy) is 2. The van der Waals surface area contributed by atoms with Crippen molar-refractivity contribution in [2.75, 3.05) is 6.79 Å². The number of hydrogen-bond donors (Lipinski definition) is 0. The molecule has 2 aliphatic rings. The maximum Gasteiger partial charge on any atom is 0.231 e. The van der Waals surface area contributed by atoms with Crippen molar-refractivity contribution < 1.29 is 23.6 Å². The third-order valence-corrected chi connectivity index (χ3v) is 4.41. The first-order valence-electron chi connectivity index (χ1n) is 7.86. The Bertz CT molecular complexity index is 849. The number of carbonyl (C=O) groups excluding carboxylic acids is 2. The van der Waals surface area contributed by atoms with E-state index in [1.54, 1.807) is 18.2 Å². The first-order valence-corrected chi connectivity index (χ1v) is 7.86. The lowest BCUT2D eigenvalue weighted by atomic mass is 9.76. The average Bonchev–Trinajstić information content (AvgIpc) is 3.12. The van der Waals surface area contributed by atoms with E-state index < -0.39 is 0 Å². The van der Waals surface area contributed by atoms with Gasteiger partial charge in [-0.25, -0.2) is 0 Å². The molecule has 6 heteroatoms. The van der Waals surface area contributed by atoms with Crippen LogP contribution in [-0.2, 0) is 12.8 Å². The standard InChI is InChI=1S/C18H17NO5/c1-18(2)7-13(21)17-11(19-24-16(17)8-18)6-12(20)10-3-4-14-15(5-10)23-9-22-14/h3-5H,6-9H2,1-2H3. The van der Waals surface area contributed by atoms with E-state index in [4.69, 9.17) is 14.0 Å². The van der Waals surface area contributed by atoms with Gasteiger partial charge in [-0.2, -0.15) is 0 Å². The van der Waals surface area contributed by atoms with Crippen LogP contribution in [-0.4, -0.2) is 23.5 Å². The number of ketones is 2. The molecule has 0 saturated carbocycles. The van der Waals surface area contributed by atoms with Gasteiger partial charge in [0.2, 0.25) is 6.79 Å². The first-order chi connectivity index (χ1) is 11.4. The van der Waals surface area contributed by atoms with E-state index in [1.165, 1.54) is 0 Å². The number of Topliss-reactive ketones (excluding diaryl/α,β-unsaturated/α-hetero) is 2. The molecule has 0 atom stereocenters. The van der Waals surface area contributed by atoms with E-state index in [9.17, 15) is 9.59 Å². The molecule has 1 aliphatic heterocycles. The molecule has 1 aliphatic carbocycles. The fourth-order valence-corrected chi connectivity index (χ4v) is 3.26. The van der Waals surface area contributed by atoms with Crippen LogP contribution in [0.2, 0.25) is 0 Å². The second-order valence-corrected chi connectivity index (χ2v) is 7.04. The van der Waals surface area contributed by atoms with Gasteiger partial charge in [0.1, 0.15) is 11.5 Å². The summed E-state index contributed by atoms with van der Waals surface area (Å²) in [5.74, 6) is 1.63. The second kappa shape index (κ2) is 5.19. The molecule has 1 aromatic heterocycles. The fourth-order valence-electron chi connectivity index (χ4n) is 3.26. The summed E-state index contributed by atoms with van der Waals surface area (Å²) < 4.78 is 15.9. The van der Waals surface area contributed by atoms with Crippen molar-refractivity contribution in [2.45, 2.75) is 33.1 Å². The molecule has 2 heterocycles. The van der Waals surface area contributed by atoms with Crippen molar-refractivity contribution in [3.05, 3.63) is 40.8 Å². The first kappa shape index (κ1) is 14.9. The average molecular weight is 327 g/mol. The zero-order valence-electron chi connectivity index (χ0n) is 13.5. The predicted octanol–water partition coefficient (Wildman–Crippen LogP) is 2.98. The van der Waals surface area contributed by atoms with E-state index in [2.05, 4.69) is 5.16 Å². The minimum atomic E-state index is -0.137. The Hall–Kier alpha value is -2.63. The van der Waals surface area contributed by atoms with Crippen molar-refractivity contribution in [2.24, 2.45) is 5.41 Å². The van der Waals surface area contributed by atoms with E-state index in [1.807, 2.05) is 13.8 Å². The number of hydrogen-bond acceptors (Lipinski definition) is 6. The van der Waals surface area contributed by atoms with Gasteiger partial charge in [0.15, 0.2) is 23.1 Å². The number of benzene rings is 1. The SMILES string of the molecule is CC1(C)CC(=O)c2c(CC(=O)c3ccc4c(c3)OCO4)noc2C1. The van der Waals surface area contributed by atoms with Crippen LogP contribution in [0.4, 0.5) is 0 Å². The largest absolute Gasteiger partial charge is 0.454 e. The predicted molar refractivity (Wildman–Crippen MR) is 83.5 cm³/mol. The highest BCUT2D eigenvalue weighted by Gasteiger charge is 2.36. The molecular weight excluding hydrogens is 310 g/mol. The Morgan fingerprint density at radius 3 is 2.83 bits per heavy atom. The lowest BCUT2D eigenvalue weighted by Crippen LogP contribution is -2.26. The highest BCUT2D eigenvalue weighted by molar-refractivity contribution is 6.03. The zero-order valence-corrected chi connectivity index (χ0v) is 13.5. The van der Waals surface area contributed by atoms with Crippen LogP contribution in [0, 0.1) is 5.41 Å². The lowest BCUT2D eigenvalue weighted by Gasteiger charge is -2.26. The van der Waals surface area contributed by atoms with Crippen molar-refractivity contribution in [3.63, 3.8) is 0 Å². The van der Waals surface area contributed by atoms with E-state index in [-0.39, 0.29) is 30.2 Å². The van der Waals surface area contributed by atoms with Gasteiger partial charge in [-0.05, 0) is 23.6 Å². The zero-order chi connectivity index (χ0) is 16.9. The van der Waals surface area contributed by atoms with E-state index >= 15 is 0 Å². The van der Waals surface area contributed by atoms with E-state index in [0.29, 0.717) is 46.9 Å². The van der Waals surface area contributed by atoms with Crippen LogP contribution >= 0.6 is 0 Å². The molecule has 0 fully saturated rings. The summed E-state index contributed by atoms with van der Waals surface area (Å²) >= 11 is 0. The molecule has 4 rings (SSSR count). The smallest absolute Gasteiger partial charge is 0.231 e. The molecule has 2 aromatic rings. The quantitative estimate of drug-likeness (QED) is 0.806. The third kappa shape index (κ3) is 2.48. The molecule has 24 heavy (non-hydrogen) atoms. The van der Waals surface area contributed by atoms with Crippen molar-refractivity contribution in [1.82, 2.24) is 5.16 Å². The van der Waals surface area contributed by atoms with Gasteiger partial charge < -0.3 is 14.0 Å². The molecule has 0 amide bonds. The number of rotatable bonds is 3. The maximum absolute atomic E-state index is 12.5. The van der Waals surface area contributed by atoms with Crippen LogP contribution in [0.1, 0.15) is 52.4 Å². The van der Waals surface area contributed by atoms with Gasteiger partial charge in [-0.15, -0.1) is 0 Å². The Morgan fingerprint density at radius 1 is 1.21 bits per heavy atom. The van der Waals surface area contributed by atoms with Crippen molar-refractivity contribution in [3.8, 4) is 11.5 Å². The lowest BCUT2D eigenvalue weighted by molar-refractivity contribution is 0.0901. The molecule has 0 saturated heterocycles. The summed E-state index contributed by atoms with van der Waals surface area (Å²) in [4.78, 5) is 24.9. The van der Waals surface area contributed by atoms with Crippen molar-refractivity contribution in [1.29, 1.82) is 0 Å². The van der Waals surface area contributed by atoms with Crippen LogP contribution in [0.3, 0.4) is 0 Å². The second-order valence-electron chi connectivity index (χ2n) is 7.04. The normalized spacial score (nSPS) is 17.7. The monoisotopic (exact) mass is 327 g/mol. The molecule has 0 N–H and O–H groups in total. The van der Waals surface area contributed by atoms with Gasteiger partial charge >= 0.3 is 0 Å². The number of fused-ring (bicyclic) bond motifs is 2. The summed E-state index contributed by atoms with van der Waals surface area (Å²) in [6.45, 7) is 4.20. The number of nitrogens with zero attached hydrogens (tertiary/aromatic N) is 1. The van der Waals surface area contributed by atoms with Gasteiger partial charge in [-0.3, -0.25) is 9.59 Å². The van der Waals surface area contributed by atoms with Crippen LogP contribution < -0.4 is 9.47 Å². The number of aromatic nitrogens is 1. The molecule has 0 radical (unpaired) electrons. The molecule has 0 spiro atoms. The molecule has 6 nitrogen and oxygen atoms in total. The summed E-state index contributed by atoms with van der Waals surface area (Å²) in [5, 5.41) is 3.98. The Labute approximate surface area is 138 Å². The summed E-state index contributed by atoms with van der Waals surface area (Å²) in [7, 11) is 0. The number of carbonyl (C=O) groups is 2. The molecule has 0 bridgehead atoms. The van der Waals surface area contributed by atoms with E-state index in [0.717, 1.165) is 0 Å². The van der Waals surface area contributed by atoms with Gasteiger partial charge in [-0.1, -0.05) is 19.0 Å². The summed E-state index contributed by atoms with van der Waals surface area (Å²) in [5.41, 5.74) is 1.28. The third-order valence-electron chi connectivity index (χ3n) is 4.41. The molecule has 0 unspecified atom stereocenters. The van der Waals surface area contributed by atoms with Crippen LogP contribution in [0.5, 0.6) is 11.5 Å².